The average Bonchev–Trinajstić information content (AvgIpc) is 1.39. The van der Waals surface area contributed by atoms with Gasteiger partial charge in [0.15, 0.2) is 0 Å². The van der Waals surface area contributed by atoms with Crippen LogP contribution in [0.25, 0.3) is 0 Å². The van der Waals surface area contributed by atoms with Crippen molar-refractivity contribution in [2.75, 3.05) is 0 Å². The summed E-state index contributed by atoms with van der Waals surface area (Å²) in [6.45, 7) is 0. The van der Waals surface area contributed by atoms with E-state index >= 15 is 0 Å². The van der Waals surface area contributed by atoms with Gasteiger partial charge in [-0.15, -0.1) is 0 Å². The monoisotopic (exact) mass is 176 g/mol. The number of carbonyl (C=O) groups excluding carboxylic acids is 2. The van der Waals surface area contributed by atoms with E-state index in [1.54, 1.807) is 0 Å². The van der Waals surface area contributed by atoms with Crippen molar-refractivity contribution in [3.63, 3.8) is 0 Å². The van der Waals surface area contributed by atoms with Crippen LogP contribution in [-0.2, 0) is 41.1 Å². The van der Waals surface area contributed by atoms with Crippen LogP contribution in [0.3, 0.4) is 0 Å². The van der Waals surface area contributed by atoms with Gasteiger partial charge in [-0.05, 0) is 0 Å². The molecule has 0 aliphatic rings. The van der Waals surface area contributed by atoms with Crippen molar-refractivity contribution < 1.29 is 41.1 Å². The predicted molar refractivity (Wildman–Crippen MR) is 13.5 cm³/mol. The van der Waals surface area contributed by atoms with E-state index in [0.29, 0.717) is 10.4 Å². The number of carbonyl (C=O) groups is 2. The van der Waals surface area contributed by atoms with Crippen LogP contribution in [0.1, 0.15) is 0 Å². The van der Waals surface area contributed by atoms with Crippen LogP contribution in [-0.4, -0.2) is 10.4 Å². The molecule has 40 valence electrons. The molecule has 0 radical (unpaired) electrons. The maximum absolute atomic E-state index is 8.67. The molecule has 0 aliphatic heterocycles. The van der Waals surface area contributed by atoms with E-state index < -0.39 is 0 Å². The van der Waals surface area contributed by atoms with E-state index in [1.807, 2.05) is 0 Å². The second-order valence-electron chi connectivity index (χ2n) is 0.157. The van der Waals surface area contributed by atoms with Gasteiger partial charge in [0.2, 0.25) is 0 Å². The van der Waals surface area contributed by atoms with E-state index in [1.165, 1.54) is 0 Å². The Balaban J connectivity index is 0. The van der Waals surface area contributed by atoms with Crippen molar-refractivity contribution in [1.82, 2.24) is 0 Å². The fraction of sp³-hybridized carbons (Fsp3) is 0. The summed E-state index contributed by atoms with van der Waals surface area (Å²) in [5.41, 5.74) is 0. The van der Waals surface area contributed by atoms with Gasteiger partial charge in [0.05, 0.1) is 0 Å². The van der Waals surface area contributed by atoms with Crippen molar-refractivity contribution >= 4 is 10.4 Å². The standard InChI is InChI=1S/2CHO.2Co/c2*1-2;;/h2*1H;;. The molecule has 0 aromatic carbocycles. The summed E-state index contributed by atoms with van der Waals surface area (Å²) in [7, 11) is 0. The molecular formula is C2H2Co2O2. The van der Waals surface area contributed by atoms with Gasteiger partial charge in [0.1, 0.15) is 0 Å². The van der Waals surface area contributed by atoms with Crippen molar-refractivity contribution in [3.05, 3.63) is 0 Å². The minimum atomic E-state index is 0.438. The first-order chi connectivity index (χ1) is 2.83. The van der Waals surface area contributed by atoms with Gasteiger partial charge in [0, 0.05) is 0 Å². The van der Waals surface area contributed by atoms with Crippen molar-refractivity contribution in [1.29, 1.82) is 0 Å². The maximum atomic E-state index is 8.67. The van der Waals surface area contributed by atoms with Crippen LogP contribution < -0.4 is 0 Å². The summed E-state index contributed by atoms with van der Waals surface area (Å²) in [5.74, 6) is 0. The zero-order valence-corrected chi connectivity index (χ0v) is 4.72. The van der Waals surface area contributed by atoms with Crippen LogP contribution in [0.4, 0.5) is 0 Å². The van der Waals surface area contributed by atoms with E-state index in [0.717, 1.165) is 0 Å². The van der Waals surface area contributed by atoms with Gasteiger partial charge in [-0.25, -0.2) is 0 Å². The van der Waals surface area contributed by atoms with Crippen molar-refractivity contribution in [3.8, 4) is 0 Å². The minimum absolute atomic E-state index is 0.438. The van der Waals surface area contributed by atoms with Crippen molar-refractivity contribution in [2.45, 2.75) is 0 Å². The fourth-order valence-corrected chi connectivity index (χ4v) is 0. The van der Waals surface area contributed by atoms with E-state index in [4.69, 9.17) is 9.59 Å². The number of hydrogen-bond donors (Lipinski definition) is 0. The Labute approximate surface area is 51.9 Å². The van der Waals surface area contributed by atoms with Gasteiger partial charge in [-0.2, -0.15) is 0 Å². The average molecular weight is 176 g/mol. The van der Waals surface area contributed by atoms with Crippen LogP contribution in [0.5, 0.6) is 0 Å². The zero-order chi connectivity index (χ0) is 5.41. The van der Waals surface area contributed by atoms with Crippen LogP contribution in [0, 0.1) is 0 Å². The van der Waals surface area contributed by atoms with E-state index in [9.17, 15) is 0 Å². The van der Waals surface area contributed by atoms with Gasteiger partial charge in [-0.1, -0.05) is 0 Å². The molecule has 0 aromatic heterocycles. The topological polar surface area (TPSA) is 34.1 Å². The summed E-state index contributed by atoms with van der Waals surface area (Å²) < 4.78 is 0. The molecule has 0 saturated carbocycles. The second kappa shape index (κ2) is 18.3. The molecule has 0 atom stereocenters. The number of rotatable bonds is 0. The molecule has 0 aliphatic carbocycles. The summed E-state index contributed by atoms with van der Waals surface area (Å²) in [5, 5.41) is 0.875. The molecule has 0 spiro atoms. The third-order valence-electron chi connectivity index (χ3n) is 0. The molecule has 0 bridgehead atoms. The Bertz CT molecular complexity index is 30.5. The Morgan fingerprint density at radius 2 is 1.00 bits per heavy atom. The van der Waals surface area contributed by atoms with Crippen LogP contribution in [0.2, 0.25) is 0 Å². The Kier molecular flexibility index (Phi) is 29.3. The molecule has 0 rings (SSSR count). The Morgan fingerprint density at radius 3 is 1.00 bits per heavy atom. The van der Waals surface area contributed by atoms with Crippen LogP contribution >= 0.6 is 0 Å². The molecule has 0 fully saturated rings. The predicted octanol–water partition coefficient (Wildman–Crippen LogP) is -0.553. The normalized spacial score (nSPS) is 4.67. The van der Waals surface area contributed by atoms with Gasteiger partial charge in [0.25, 0.3) is 0 Å². The van der Waals surface area contributed by atoms with Crippen molar-refractivity contribution in [2.24, 2.45) is 0 Å². The zero-order valence-electron chi connectivity index (χ0n) is 2.64. The molecule has 0 N–H and O–H groups in total. The van der Waals surface area contributed by atoms with Gasteiger partial charge >= 0.3 is 51.5 Å². The Morgan fingerprint density at radius 1 is 1.00 bits per heavy atom. The van der Waals surface area contributed by atoms with Gasteiger partial charge < -0.3 is 0 Å². The third-order valence-corrected chi connectivity index (χ3v) is 0. The molecule has 2 nitrogen and oxygen atoms in total. The summed E-state index contributed by atoms with van der Waals surface area (Å²) >= 11 is 6.29. The molecule has 0 saturated heterocycles. The molecule has 0 unspecified atom stereocenters. The summed E-state index contributed by atoms with van der Waals surface area (Å²) in [6, 6.07) is 0. The molecular weight excluding hydrogens is 174 g/mol. The Hall–Kier alpha value is 0.353. The quantitative estimate of drug-likeness (QED) is 0.464. The molecule has 0 heterocycles. The molecule has 6 heavy (non-hydrogen) atoms. The fourth-order valence-electron chi connectivity index (χ4n) is 0. The number of hydrogen-bond acceptors (Lipinski definition) is 2. The first-order valence-corrected chi connectivity index (χ1v) is 2.06. The molecule has 0 aromatic rings. The summed E-state index contributed by atoms with van der Waals surface area (Å²) in [4.78, 5) is 17.3. The first-order valence-electron chi connectivity index (χ1n) is 0.856. The van der Waals surface area contributed by atoms with Crippen LogP contribution in [0.15, 0.2) is 0 Å². The SMILES string of the molecule is O=[CH][Co].O=[CH][Co]. The van der Waals surface area contributed by atoms with Gasteiger partial charge in [-0.3, -0.25) is 0 Å². The molecule has 4 heteroatoms. The van der Waals surface area contributed by atoms with E-state index in [-0.39, 0.29) is 0 Å². The van der Waals surface area contributed by atoms with E-state index in [2.05, 4.69) is 31.5 Å². The second-order valence-corrected chi connectivity index (χ2v) is 0.648. The third kappa shape index (κ3) is 393. The molecule has 0 amide bonds. The first kappa shape index (κ1) is 9.61. The summed E-state index contributed by atoms with van der Waals surface area (Å²) in [6.07, 6.45) is 0.